The van der Waals surface area contributed by atoms with Crippen LogP contribution in [0.4, 0.5) is 10.8 Å². The zero-order valence-corrected chi connectivity index (χ0v) is 12.2. The van der Waals surface area contributed by atoms with Gasteiger partial charge < -0.3 is 10.6 Å². The van der Waals surface area contributed by atoms with Crippen molar-refractivity contribution < 1.29 is 0 Å². The highest BCUT2D eigenvalue weighted by molar-refractivity contribution is 7.13. The molecule has 2 N–H and O–H groups in total. The number of aromatic nitrogens is 1. The minimum absolute atomic E-state index is 0.00674. The molecular weight excluding hydrogens is 254 g/mol. The summed E-state index contributed by atoms with van der Waals surface area (Å²) in [7, 11) is 0. The summed E-state index contributed by atoms with van der Waals surface area (Å²) in [5, 5.41) is 3.14. The molecule has 19 heavy (non-hydrogen) atoms. The number of hydrogen-bond donors (Lipinski definition) is 1. The molecule has 0 aliphatic carbocycles. The van der Waals surface area contributed by atoms with Gasteiger partial charge in [0.1, 0.15) is 0 Å². The quantitative estimate of drug-likeness (QED) is 0.909. The van der Waals surface area contributed by atoms with Crippen LogP contribution in [0.25, 0.3) is 0 Å². The molecule has 3 nitrogen and oxygen atoms in total. The van der Waals surface area contributed by atoms with Crippen LogP contribution in [0.15, 0.2) is 23.6 Å². The molecule has 0 saturated heterocycles. The van der Waals surface area contributed by atoms with Gasteiger partial charge in [0.25, 0.3) is 0 Å². The van der Waals surface area contributed by atoms with Crippen LogP contribution in [0.1, 0.15) is 36.2 Å². The van der Waals surface area contributed by atoms with Crippen LogP contribution in [0.5, 0.6) is 0 Å². The van der Waals surface area contributed by atoms with Crippen LogP contribution in [0, 0.1) is 6.92 Å². The lowest BCUT2D eigenvalue weighted by molar-refractivity contribution is 0.753. The van der Waals surface area contributed by atoms with Crippen molar-refractivity contribution in [3.63, 3.8) is 0 Å². The number of thiazole rings is 1. The van der Waals surface area contributed by atoms with Gasteiger partial charge in [-0.05, 0) is 38.3 Å². The molecule has 1 aromatic carbocycles. The molecule has 4 heteroatoms. The van der Waals surface area contributed by atoms with Crippen molar-refractivity contribution in [1.29, 1.82) is 0 Å². The number of aryl methyl sites for hydroxylation is 2. The summed E-state index contributed by atoms with van der Waals surface area (Å²) in [5.41, 5.74) is 11.0. The first-order chi connectivity index (χ1) is 9.15. The summed E-state index contributed by atoms with van der Waals surface area (Å²) >= 11 is 1.69. The number of rotatable bonds is 2. The van der Waals surface area contributed by atoms with Gasteiger partial charge in [0.05, 0.1) is 5.69 Å². The second kappa shape index (κ2) is 4.94. The first-order valence-electron chi connectivity index (χ1n) is 6.73. The van der Waals surface area contributed by atoms with E-state index in [2.05, 4.69) is 40.4 Å². The molecule has 0 radical (unpaired) electrons. The van der Waals surface area contributed by atoms with Crippen molar-refractivity contribution >= 4 is 22.2 Å². The Balaban J connectivity index is 1.98. The summed E-state index contributed by atoms with van der Waals surface area (Å²) in [6.45, 7) is 5.17. The molecular formula is C15H19N3S. The van der Waals surface area contributed by atoms with Gasteiger partial charge in [-0.15, -0.1) is 11.3 Å². The third-order valence-electron chi connectivity index (χ3n) is 3.56. The van der Waals surface area contributed by atoms with E-state index in [0.29, 0.717) is 0 Å². The Kier molecular flexibility index (Phi) is 3.29. The molecule has 3 rings (SSSR count). The first kappa shape index (κ1) is 12.6. The maximum atomic E-state index is 5.90. The van der Waals surface area contributed by atoms with Gasteiger partial charge >= 0.3 is 0 Å². The minimum Gasteiger partial charge on any atom is -0.323 e. The lowest BCUT2D eigenvalue weighted by Gasteiger charge is -2.29. The lowest BCUT2D eigenvalue weighted by Crippen LogP contribution is -2.24. The number of benzene rings is 1. The molecule has 1 aliphatic heterocycles. The molecule has 0 bridgehead atoms. The zero-order valence-electron chi connectivity index (χ0n) is 11.4. The van der Waals surface area contributed by atoms with Crippen LogP contribution in [0.2, 0.25) is 0 Å². The van der Waals surface area contributed by atoms with E-state index in [0.717, 1.165) is 17.4 Å². The third-order valence-corrected chi connectivity index (χ3v) is 4.44. The lowest BCUT2D eigenvalue weighted by atomic mass is 10.00. The van der Waals surface area contributed by atoms with Crippen LogP contribution in [0.3, 0.4) is 0 Å². The minimum atomic E-state index is 0.00674. The van der Waals surface area contributed by atoms with Gasteiger partial charge in [-0.3, -0.25) is 0 Å². The van der Waals surface area contributed by atoms with Crippen LogP contribution >= 0.6 is 11.3 Å². The Morgan fingerprint density at radius 2 is 2.26 bits per heavy atom. The average molecular weight is 273 g/mol. The number of fused-ring (bicyclic) bond motifs is 1. The highest BCUT2D eigenvalue weighted by Crippen LogP contribution is 2.36. The van der Waals surface area contributed by atoms with Crippen LogP contribution in [-0.4, -0.2) is 11.5 Å². The Hall–Kier alpha value is -1.39. The van der Waals surface area contributed by atoms with Gasteiger partial charge in [-0.1, -0.05) is 17.7 Å². The largest absolute Gasteiger partial charge is 0.323 e. The molecule has 1 unspecified atom stereocenters. The summed E-state index contributed by atoms with van der Waals surface area (Å²) < 4.78 is 0. The monoisotopic (exact) mass is 273 g/mol. The fraction of sp³-hybridized carbons (Fsp3) is 0.400. The molecule has 1 aliphatic rings. The standard InChI is InChI=1S/C15H19N3S/c1-10-5-6-14-12(8-10)4-3-7-18(14)15-17-13(9-19-15)11(2)16/h5-6,8-9,11H,3-4,7,16H2,1-2H3. The second-order valence-electron chi connectivity index (χ2n) is 5.23. The van der Waals surface area contributed by atoms with Crippen molar-refractivity contribution in [2.75, 3.05) is 11.4 Å². The van der Waals surface area contributed by atoms with Crippen molar-refractivity contribution in [1.82, 2.24) is 4.98 Å². The van der Waals surface area contributed by atoms with Crippen molar-refractivity contribution in [3.05, 3.63) is 40.4 Å². The van der Waals surface area contributed by atoms with Gasteiger partial charge in [0, 0.05) is 23.7 Å². The van der Waals surface area contributed by atoms with Gasteiger partial charge in [0.2, 0.25) is 0 Å². The number of nitrogens with zero attached hydrogens (tertiary/aromatic N) is 2. The maximum Gasteiger partial charge on any atom is 0.190 e. The average Bonchev–Trinajstić information content (AvgIpc) is 2.87. The van der Waals surface area contributed by atoms with Gasteiger partial charge in [-0.2, -0.15) is 0 Å². The van der Waals surface area contributed by atoms with Gasteiger partial charge in [0.15, 0.2) is 5.13 Å². The Morgan fingerprint density at radius 3 is 3.00 bits per heavy atom. The highest BCUT2D eigenvalue weighted by Gasteiger charge is 2.21. The molecule has 0 saturated carbocycles. The van der Waals surface area contributed by atoms with Crippen LogP contribution < -0.4 is 10.6 Å². The summed E-state index contributed by atoms with van der Waals surface area (Å²) in [4.78, 5) is 7.00. The number of anilines is 2. The van der Waals surface area contributed by atoms with E-state index in [9.17, 15) is 0 Å². The van der Waals surface area contributed by atoms with E-state index in [1.165, 1.54) is 29.7 Å². The normalized spacial score (nSPS) is 16.3. The van der Waals surface area contributed by atoms with Crippen LogP contribution in [-0.2, 0) is 6.42 Å². The Morgan fingerprint density at radius 1 is 1.42 bits per heavy atom. The van der Waals surface area contributed by atoms with Crippen molar-refractivity contribution in [2.45, 2.75) is 32.7 Å². The fourth-order valence-electron chi connectivity index (χ4n) is 2.53. The number of nitrogens with two attached hydrogens (primary N) is 1. The topological polar surface area (TPSA) is 42.2 Å². The molecule has 0 amide bonds. The summed E-state index contributed by atoms with van der Waals surface area (Å²) in [5.74, 6) is 0. The molecule has 1 atom stereocenters. The predicted molar refractivity (Wildman–Crippen MR) is 81.2 cm³/mol. The molecule has 0 spiro atoms. The fourth-order valence-corrected chi connectivity index (χ4v) is 3.50. The molecule has 2 heterocycles. The smallest absolute Gasteiger partial charge is 0.190 e. The second-order valence-corrected chi connectivity index (χ2v) is 6.07. The van der Waals surface area contributed by atoms with E-state index in [4.69, 9.17) is 5.73 Å². The van der Waals surface area contributed by atoms with E-state index in [1.54, 1.807) is 11.3 Å². The first-order valence-corrected chi connectivity index (χ1v) is 7.61. The zero-order chi connectivity index (χ0) is 13.4. The van der Waals surface area contributed by atoms with Crippen molar-refractivity contribution in [3.8, 4) is 0 Å². The molecule has 100 valence electrons. The van der Waals surface area contributed by atoms with E-state index in [1.807, 2.05) is 6.92 Å². The van der Waals surface area contributed by atoms with Gasteiger partial charge in [-0.25, -0.2) is 4.98 Å². The van der Waals surface area contributed by atoms with E-state index >= 15 is 0 Å². The third kappa shape index (κ3) is 2.38. The summed E-state index contributed by atoms with van der Waals surface area (Å²) in [6.07, 6.45) is 2.35. The molecule has 0 fully saturated rings. The molecule has 1 aromatic heterocycles. The number of hydrogen-bond acceptors (Lipinski definition) is 4. The Labute approximate surface area is 118 Å². The summed E-state index contributed by atoms with van der Waals surface area (Å²) in [6, 6.07) is 6.70. The van der Waals surface area contributed by atoms with E-state index in [-0.39, 0.29) is 6.04 Å². The Bertz CT molecular complexity index is 589. The van der Waals surface area contributed by atoms with Crippen molar-refractivity contribution in [2.24, 2.45) is 5.73 Å². The SMILES string of the molecule is Cc1ccc2c(c1)CCCN2c1nc(C(C)N)cs1. The predicted octanol–water partition coefficient (Wildman–Crippen LogP) is 3.56. The maximum absolute atomic E-state index is 5.90. The molecule has 2 aromatic rings. The van der Waals surface area contributed by atoms with E-state index < -0.39 is 0 Å². The highest BCUT2D eigenvalue weighted by atomic mass is 32.1.